The van der Waals surface area contributed by atoms with Crippen LogP contribution in [-0.4, -0.2) is 15.7 Å². The molecule has 0 unspecified atom stereocenters. The van der Waals surface area contributed by atoms with E-state index in [9.17, 15) is 9.18 Å². The van der Waals surface area contributed by atoms with E-state index in [4.69, 9.17) is 0 Å². The van der Waals surface area contributed by atoms with Gasteiger partial charge in [0.25, 0.3) is 0 Å². The first kappa shape index (κ1) is 17.6. The van der Waals surface area contributed by atoms with Gasteiger partial charge in [0.2, 0.25) is 5.91 Å². The van der Waals surface area contributed by atoms with Crippen LogP contribution in [0.1, 0.15) is 22.5 Å². The van der Waals surface area contributed by atoms with Gasteiger partial charge < -0.3 is 5.32 Å². The number of benzene rings is 2. The molecule has 0 aliphatic rings. The van der Waals surface area contributed by atoms with Crippen LogP contribution in [0.15, 0.2) is 54.6 Å². The molecular weight excluding hydrogens is 329 g/mol. The highest BCUT2D eigenvalue weighted by Gasteiger charge is 2.11. The summed E-state index contributed by atoms with van der Waals surface area (Å²) < 4.78 is 15.0. The molecule has 5 heteroatoms. The molecule has 3 rings (SSSR count). The molecule has 1 heterocycles. The Morgan fingerprint density at radius 2 is 1.85 bits per heavy atom. The summed E-state index contributed by atoms with van der Waals surface area (Å²) in [5.41, 5.74) is 4.94. The highest BCUT2D eigenvalue weighted by atomic mass is 19.1. The van der Waals surface area contributed by atoms with Gasteiger partial charge in [-0.05, 0) is 62.7 Å². The van der Waals surface area contributed by atoms with E-state index in [2.05, 4.69) is 10.4 Å². The number of carbonyl (C=O) groups is 1. The summed E-state index contributed by atoms with van der Waals surface area (Å²) in [5.74, 6) is -0.596. The Bertz CT molecular complexity index is 974. The minimum absolute atomic E-state index is 0.272. The molecule has 0 spiro atoms. The lowest BCUT2D eigenvalue weighted by atomic mass is 10.1. The van der Waals surface area contributed by atoms with Gasteiger partial charge in [0.15, 0.2) is 0 Å². The van der Waals surface area contributed by atoms with E-state index in [-0.39, 0.29) is 11.7 Å². The number of hydrogen-bond acceptors (Lipinski definition) is 2. The molecule has 0 aliphatic carbocycles. The lowest BCUT2D eigenvalue weighted by Crippen LogP contribution is -2.09. The van der Waals surface area contributed by atoms with Gasteiger partial charge in [0.1, 0.15) is 5.82 Å². The normalized spacial score (nSPS) is 11.1. The Morgan fingerprint density at radius 1 is 1.12 bits per heavy atom. The van der Waals surface area contributed by atoms with Crippen molar-refractivity contribution >= 4 is 17.7 Å². The first-order valence-electron chi connectivity index (χ1n) is 8.32. The van der Waals surface area contributed by atoms with E-state index < -0.39 is 0 Å². The first-order valence-corrected chi connectivity index (χ1v) is 8.32. The Balaban J connectivity index is 1.80. The van der Waals surface area contributed by atoms with Gasteiger partial charge in [0, 0.05) is 23.0 Å². The minimum Gasteiger partial charge on any atom is -0.322 e. The molecule has 0 atom stereocenters. The van der Waals surface area contributed by atoms with Crippen molar-refractivity contribution < 1.29 is 9.18 Å². The van der Waals surface area contributed by atoms with Crippen molar-refractivity contribution in [2.24, 2.45) is 0 Å². The zero-order valence-electron chi connectivity index (χ0n) is 15.0. The molecule has 0 radical (unpaired) electrons. The molecule has 1 aromatic heterocycles. The summed E-state index contributed by atoms with van der Waals surface area (Å²) in [4.78, 5) is 12.2. The number of aryl methyl sites for hydroxylation is 2. The maximum absolute atomic E-state index is 13.1. The summed E-state index contributed by atoms with van der Waals surface area (Å²) in [6.45, 7) is 5.63. The third kappa shape index (κ3) is 3.72. The topological polar surface area (TPSA) is 46.9 Å². The number of hydrogen-bond donors (Lipinski definition) is 1. The van der Waals surface area contributed by atoms with Crippen molar-refractivity contribution in [3.8, 4) is 5.69 Å². The SMILES string of the molecule is Cc1cc(F)ccc1NC(=O)/C=C/c1c(C)nn(-c2ccccc2)c1C. The number of nitrogens with zero attached hydrogens (tertiary/aromatic N) is 2. The molecule has 0 fully saturated rings. The van der Waals surface area contributed by atoms with Crippen LogP contribution in [0.5, 0.6) is 0 Å². The zero-order chi connectivity index (χ0) is 18.7. The summed E-state index contributed by atoms with van der Waals surface area (Å²) in [6, 6.07) is 14.1. The molecule has 0 aliphatic heterocycles. The molecular formula is C21H20FN3O. The predicted octanol–water partition coefficient (Wildman–Crippen LogP) is 4.59. The number of para-hydroxylation sites is 1. The van der Waals surface area contributed by atoms with E-state index in [0.717, 1.165) is 22.6 Å². The van der Waals surface area contributed by atoms with Gasteiger partial charge in [-0.1, -0.05) is 18.2 Å². The molecule has 0 bridgehead atoms. The predicted molar refractivity (Wildman–Crippen MR) is 102 cm³/mol. The van der Waals surface area contributed by atoms with Crippen LogP contribution >= 0.6 is 0 Å². The number of halogens is 1. The van der Waals surface area contributed by atoms with Crippen LogP contribution in [0.3, 0.4) is 0 Å². The second-order valence-electron chi connectivity index (χ2n) is 6.11. The number of nitrogens with one attached hydrogen (secondary N) is 1. The van der Waals surface area contributed by atoms with Crippen LogP contribution in [0, 0.1) is 26.6 Å². The fourth-order valence-corrected chi connectivity index (χ4v) is 2.82. The summed E-state index contributed by atoms with van der Waals surface area (Å²) >= 11 is 0. The molecule has 0 saturated heterocycles. The van der Waals surface area contributed by atoms with Crippen molar-refractivity contribution in [3.63, 3.8) is 0 Å². The van der Waals surface area contributed by atoms with E-state index >= 15 is 0 Å². The number of anilines is 1. The van der Waals surface area contributed by atoms with Gasteiger partial charge in [-0.2, -0.15) is 5.10 Å². The molecule has 4 nitrogen and oxygen atoms in total. The molecule has 1 N–H and O–H groups in total. The number of carbonyl (C=O) groups excluding carboxylic acids is 1. The lowest BCUT2D eigenvalue weighted by molar-refractivity contribution is -0.111. The van der Waals surface area contributed by atoms with E-state index in [1.165, 1.54) is 18.2 Å². The maximum atomic E-state index is 13.1. The van der Waals surface area contributed by atoms with Gasteiger partial charge in [0.05, 0.1) is 11.4 Å². The number of rotatable bonds is 4. The van der Waals surface area contributed by atoms with Crippen LogP contribution in [0.4, 0.5) is 10.1 Å². The average molecular weight is 349 g/mol. The third-order valence-corrected chi connectivity index (χ3v) is 4.20. The fraction of sp³-hybridized carbons (Fsp3) is 0.143. The van der Waals surface area contributed by atoms with Crippen molar-refractivity contribution in [3.05, 3.63) is 82.9 Å². The summed E-state index contributed by atoms with van der Waals surface area (Å²) in [7, 11) is 0. The Hall–Kier alpha value is -3.21. The van der Waals surface area contributed by atoms with Crippen molar-refractivity contribution in [1.29, 1.82) is 0 Å². The minimum atomic E-state index is -0.324. The van der Waals surface area contributed by atoms with Crippen LogP contribution in [0.2, 0.25) is 0 Å². The zero-order valence-corrected chi connectivity index (χ0v) is 15.0. The first-order chi connectivity index (χ1) is 12.5. The molecule has 132 valence electrons. The van der Waals surface area contributed by atoms with Crippen molar-refractivity contribution in [1.82, 2.24) is 9.78 Å². The Labute approximate surface area is 152 Å². The lowest BCUT2D eigenvalue weighted by Gasteiger charge is -2.06. The second kappa shape index (κ2) is 7.35. The molecule has 0 saturated carbocycles. The third-order valence-electron chi connectivity index (χ3n) is 4.20. The van der Waals surface area contributed by atoms with E-state index in [0.29, 0.717) is 11.3 Å². The van der Waals surface area contributed by atoms with Crippen molar-refractivity contribution in [2.45, 2.75) is 20.8 Å². The van der Waals surface area contributed by atoms with Gasteiger partial charge in [-0.3, -0.25) is 4.79 Å². The molecule has 1 amide bonds. The second-order valence-corrected chi connectivity index (χ2v) is 6.11. The summed E-state index contributed by atoms with van der Waals surface area (Å²) in [5, 5.41) is 7.32. The highest BCUT2D eigenvalue weighted by molar-refractivity contribution is 6.02. The monoisotopic (exact) mass is 349 g/mol. The Kier molecular flexibility index (Phi) is 4.98. The fourth-order valence-electron chi connectivity index (χ4n) is 2.82. The summed E-state index contributed by atoms with van der Waals surface area (Å²) in [6.07, 6.45) is 3.22. The van der Waals surface area contributed by atoms with Crippen LogP contribution < -0.4 is 5.32 Å². The van der Waals surface area contributed by atoms with Crippen LogP contribution in [-0.2, 0) is 4.79 Å². The number of aromatic nitrogens is 2. The van der Waals surface area contributed by atoms with Gasteiger partial charge in [-0.15, -0.1) is 0 Å². The maximum Gasteiger partial charge on any atom is 0.248 e. The highest BCUT2D eigenvalue weighted by Crippen LogP contribution is 2.20. The van der Waals surface area contributed by atoms with E-state index in [1.54, 1.807) is 19.1 Å². The van der Waals surface area contributed by atoms with Crippen LogP contribution in [0.25, 0.3) is 11.8 Å². The van der Waals surface area contributed by atoms with Crippen molar-refractivity contribution in [2.75, 3.05) is 5.32 Å². The largest absolute Gasteiger partial charge is 0.322 e. The van der Waals surface area contributed by atoms with Gasteiger partial charge >= 0.3 is 0 Å². The number of amides is 1. The van der Waals surface area contributed by atoms with Gasteiger partial charge in [-0.25, -0.2) is 9.07 Å². The molecule has 26 heavy (non-hydrogen) atoms. The average Bonchev–Trinajstić information content (AvgIpc) is 2.90. The quantitative estimate of drug-likeness (QED) is 0.700. The van der Waals surface area contributed by atoms with E-state index in [1.807, 2.05) is 48.9 Å². The molecule has 2 aromatic carbocycles. The smallest absolute Gasteiger partial charge is 0.248 e. The standard InChI is InChI=1S/C21H20FN3O/c1-14-13-17(22)9-11-20(14)23-21(26)12-10-19-15(2)24-25(16(19)3)18-7-5-4-6-8-18/h4-13H,1-3H3,(H,23,26)/b12-10+. The Morgan fingerprint density at radius 3 is 2.54 bits per heavy atom. The molecule has 3 aromatic rings.